The number of aryl methyl sites for hydroxylation is 1. The van der Waals surface area contributed by atoms with Crippen molar-refractivity contribution >= 4 is 22.6 Å². The highest BCUT2D eigenvalue weighted by molar-refractivity contribution is 6.30. The molecule has 0 radical (unpaired) electrons. The molecule has 1 aromatic carbocycles. The number of aliphatic hydroxyl groups is 2. The maximum atomic E-state index is 13.9. The normalized spacial score (nSPS) is 25.5. The molecular weight excluding hydrogens is 399 g/mol. The number of aromatic nitrogens is 3. The Hall–Kier alpha value is -2.26. The zero-order valence-electron chi connectivity index (χ0n) is 16.0. The van der Waals surface area contributed by atoms with E-state index in [1.54, 1.807) is 6.92 Å². The van der Waals surface area contributed by atoms with Crippen LogP contribution >= 0.6 is 11.6 Å². The van der Waals surface area contributed by atoms with Crippen LogP contribution in [0.15, 0.2) is 30.7 Å². The molecule has 1 fully saturated rings. The van der Waals surface area contributed by atoms with Crippen LogP contribution in [-0.2, 0) is 0 Å². The fourth-order valence-corrected chi connectivity index (χ4v) is 4.04. The number of rotatable bonds is 4. The maximum absolute atomic E-state index is 13.9. The van der Waals surface area contributed by atoms with Crippen molar-refractivity contribution in [2.24, 2.45) is 5.73 Å². The minimum absolute atomic E-state index is 0.0995. The number of halogens is 2. The second kappa shape index (κ2) is 7.53. The van der Waals surface area contributed by atoms with Crippen LogP contribution < -0.4 is 10.5 Å². The lowest BCUT2D eigenvalue weighted by Crippen LogP contribution is -2.34. The zero-order valence-corrected chi connectivity index (χ0v) is 16.7. The van der Waals surface area contributed by atoms with E-state index >= 15 is 0 Å². The predicted molar refractivity (Wildman–Crippen MR) is 106 cm³/mol. The number of aliphatic hydroxyl groups excluding tert-OH is 2. The van der Waals surface area contributed by atoms with E-state index in [4.69, 9.17) is 22.1 Å². The molecule has 1 aliphatic carbocycles. The number of hydrogen-bond donors (Lipinski definition) is 3. The van der Waals surface area contributed by atoms with Crippen molar-refractivity contribution in [2.45, 2.75) is 50.7 Å². The summed E-state index contributed by atoms with van der Waals surface area (Å²) in [5.74, 6) is -0.302. The summed E-state index contributed by atoms with van der Waals surface area (Å²) in [5.41, 5.74) is 7.87. The Morgan fingerprint density at radius 2 is 2.07 bits per heavy atom. The van der Waals surface area contributed by atoms with E-state index in [-0.39, 0.29) is 5.02 Å². The summed E-state index contributed by atoms with van der Waals surface area (Å²) in [4.78, 5) is 8.49. The second-order valence-corrected chi connectivity index (χ2v) is 7.86. The zero-order chi connectivity index (χ0) is 20.9. The number of nitrogens with two attached hydrogens (primary N) is 1. The van der Waals surface area contributed by atoms with Crippen LogP contribution in [0.4, 0.5) is 4.39 Å². The minimum Gasteiger partial charge on any atom is -0.487 e. The van der Waals surface area contributed by atoms with Gasteiger partial charge >= 0.3 is 0 Å². The van der Waals surface area contributed by atoms with Gasteiger partial charge in [0.15, 0.2) is 0 Å². The van der Waals surface area contributed by atoms with Gasteiger partial charge in [0, 0.05) is 35.7 Å². The van der Waals surface area contributed by atoms with E-state index in [0.29, 0.717) is 23.4 Å². The van der Waals surface area contributed by atoms with Gasteiger partial charge in [0.1, 0.15) is 41.9 Å². The fourth-order valence-electron chi connectivity index (χ4n) is 3.89. The van der Waals surface area contributed by atoms with Crippen molar-refractivity contribution in [2.75, 3.05) is 0 Å². The van der Waals surface area contributed by atoms with Crippen LogP contribution in [0.3, 0.4) is 0 Å². The molecule has 3 aromatic rings. The Morgan fingerprint density at radius 1 is 1.31 bits per heavy atom. The van der Waals surface area contributed by atoms with Crippen molar-refractivity contribution in [1.82, 2.24) is 14.5 Å². The number of ether oxygens (including phenoxy) is 1. The largest absolute Gasteiger partial charge is 0.487 e. The van der Waals surface area contributed by atoms with Gasteiger partial charge in [-0.3, -0.25) is 0 Å². The molecule has 1 aliphatic rings. The van der Waals surface area contributed by atoms with Crippen molar-refractivity contribution in [3.63, 3.8) is 0 Å². The molecule has 5 atom stereocenters. The molecule has 0 amide bonds. The van der Waals surface area contributed by atoms with Crippen LogP contribution in [0.25, 0.3) is 11.0 Å². The van der Waals surface area contributed by atoms with Crippen molar-refractivity contribution in [3.05, 3.63) is 52.8 Å². The summed E-state index contributed by atoms with van der Waals surface area (Å²) in [7, 11) is 0. The first kappa shape index (κ1) is 20.0. The molecule has 4 N–H and O–H groups in total. The van der Waals surface area contributed by atoms with Gasteiger partial charge in [0.2, 0.25) is 0 Å². The van der Waals surface area contributed by atoms with Crippen molar-refractivity contribution in [1.29, 1.82) is 0 Å². The highest BCUT2D eigenvalue weighted by Gasteiger charge is 2.44. The lowest BCUT2D eigenvalue weighted by atomic mass is 10.1. The van der Waals surface area contributed by atoms with Crippen LogP contribution in [0.5, 0.6) is 5.75 Å². The van der Waals surface area contributed by atoms with E-state index in [1.165, 1.54) is 18.5 Å². The Balaban J connectivity index is 1.65. The van der Waals surface area contributed by atoms with Gasteiger partial charge in [-0.15, -0.1) is 0 Å². The minimum atomic E-state index is -1.15. The first-order chi connectivity index (χ1) is 13.8. The SMILES string of the molecule is Cc1ncnc2c1ccn2C1CC(Oc2cc(Cl)c(F)cc2[C@@H](C)N)[C@@H](O)[C@H]1O. The van der Waals surface area contributed by atoms with Crippen LogP contribution in [0.2, 0.25) is 5.02 Å². The summed E-state index contributed by atoms with van der Waals surface area (Å²) in [6, 6.07) is 3.52. The molecule has 0 spiro atoms. The van der Waals surface area contributed by atoms with E-state index < -0.39 is 36.2 Å². The van der Waals surface area contributed by atoms with E-state index in [1.807, 2.05) is 23.8 Å². The Labute approximate surface area is 171 Å². The van der Waals surface area contributed by atoms with E-state index in [2.05, 4.69) is 9.97 Å². The highest BCUT2D eigenvalue weighted by Crippen LogP contribution is 2.38. The molecule has 1 saturated carbocycles. The number of benzene rings is 1. The van der Waals surface area contributed by atoms with Gasteiger partial charge in [-0.2, -0.15) is 0 Å². The Morgan fingerprint density at radius 3 is 2.79 bits per heavy atom. The van der Waals surface area contributed by atoms with Gasteiger partial charge in [-0.05, 0) is 26.0 Å². The summed E-state index contributed by atoms with van der Waals surface area (Å²) in [6.07, 6.45) is 0.662. The van der Waals surface area contributed by atoms with Crippen molar-refractivity contribution in [3.8, 4) is 5.75 Å². The quantitative estimate of drug-likeness (QED) is 0.599. The molecule has 4 rings (SSSR count). The third-order valence-corrected chi connectivity index (χ3v) is 5.78. The highest BCUT2D eigenvalue weighted by atomic mass is 35.5. The number of nitrogens with zero attached hydrogens (tertiary/aromatic N) is 3. The lowest BCUT2D eigenvalue weighted by Gasteiger charge is -2.21. The number of fused-ring (bicyclic) bond motifs is 1. The summed E-state index contributed by atoms with van der Waals surface area (Å²) in [5, 5.41) is 22.1. The first-order valence-corrected chi connectivity index (χ1v) is 9.71. The van der Waals surface area contributed by atoms with Crippen LogP contribution in [0, 0.1) is 12.7 Å². The van der Waals surface area contributed by atoms with E-state index in [0.717, 1.165) is 11.1 Å². The molecule has 2 heterocycles. The standard InChI is InChI=1S/C20H22ClFN4O3/c1-9(23)12-5-14(22)13(21)6-16(12)29-17-7-15(18(27)19(17)28)26-4-3-11-10(2)24-8-25-20(11)26/h3-6,8-9,15,17-19,27-28H,7,23H2,1-2H3/t9-,15?,17?,18+,19-/m1/s1. The summed E-state index contributed by atoms with van der Waals surface area (Å²) in [6.45, 7) is 3.58. The lowest BCUT2D eigenvalue weighted by molar-refractivity contribution is -0.0166. The first-order valence-electron chi connectivity index (χ1n) is 9.33. The van der Waals surface area contributed by atoms with Gasteiger partial charge in [-0.25, -0.2) is 14.4 Å². The molecule has 9 heteroatoms. The van der Waals surface area contributed by atoms with Crippen LogP contribution in [-0.4, -0.2) is 43.1 Å². The third-order valence-electron chi connectivity index (χ3n) is 5.49. The fraction of sp³-hybridized carbons (Fsp3) is 0.400. The molecule has 2 unspecified atom stereocenters. The smallest absolute Gasteiger partial charge is 0.143 e. The molecule has 0 aliphatic heterocycles. The predicted octanol–water partition coefficient (Wildman–Crippen LogP) is 2.67. The van der Waals surface area contributed by atoms with Gasteiger partial charge in [0.25, 0.3) is 0 Å². The summed E-state index contributed by atoms with van der Waals surface area (Å²) >= 11 is 5.91. The molecule has 154 valence electrons. The van der Waals surface area contributed by atoms with Crippen LogP contribution in [0.1, 0.15) is 36.7 Å². The second-order valence-electron chi connectivity index (χ2n) is 7.45. The molecule has 7 nitrogen and oxygen atoms in total. The van der Waals surface area contributed by atoms with E-state index in [9.17, 15) is 14.6 Å². The average Bonchev–Trinajstić information content (AvgIpc) is 3.22. The monoisotopic (exact) mass is 420 g/mol. The average molecular weight is 421 g/mol. The Kier molecular flexibility index (Phi) is 5.20. The van der Waals surface area contributed by atoms with Gasteiger partial charge in [0.05, 0.1) is 16.8 Å². The third kappa shape index (κ3) is 3.46. The maximum Gasteiger partial charge on any atom is 0.143 e. The molecule has 2 aromatic heterocycles. The topological polar surface area (TPSA) is 106 Å². The Bertz CT molecular complexity index is 1060. The molecule has 0 bridgehead atoms. The molecular formula is C20H22ClFN4O3. The number of hydrogen-bond acceptors (Lipinski definition) is 6. The summed E-state index contributed by atoms with van der Waals surface area (Å²) < 4.78 is 21.6. The van der Waals surface area contributed by atoms with Crippen molar-refractivity contribution < 1.29 is 19.3 Å². The van der Waals surface area contributed by atoms with Gasteiger partial charge in [-0.1, -0.05) is 11.6 Å². The molecule has 0 saturated heterocycles. The molecule has 29 heavy (non-hydrogen) atoms. The van der Waals surface area contributed by atoms with Gasteiger partial charge < -0.3 is 25.3 Å².